The third kappa shape index (κ3) is 1.98. The van der Waals surface area contributed by atoms with Gasteiger partial charge in [-0.1, -0.05) is 0 Å². The van der Waals surface area contributed by atoms with Crippen molar-refractivity contribution in [2.24, 2.45) is 5.73 Å². The van der Waals surface area contributed by atoms with Gasteiger partial charge in [0.15, 0.2) is 5.82 Å². The van der Waals surface area contributed by atoms with E-state index in [0.717, 1.165) is 0 Å². The number of nitrogens with one attached hydrogen (secondary N) is 1. The molecule has 1 aromatic rings. The molecule has 0 bridgehead atoms. The molecule has 1 aliphatic heterocycles. The van der Waals surface area contributed by atoms with E-state index < -0.39 is 6.03 Å². The molecule has 3 amide bonds. The maximum absolute atomic E-state index is 11.5. The van der Waals surface area contributed by atoms with Crippen LogP contribution in [0, 0.1) is 0 Å². The van der Waals surface area contributed by atoms with Gasteiger partial charge in [0.25, 0.3) is 0 Å². The second-order valence-electron chi connectivity index (χ2n) is 3.34. The highest BCUT2D eigenvalue weighted by atomic mass is 16.2. The maximum Gasteiger partial charge on any atom is 0.329 e. The number of imide groups is 1. The Hall–Kier alpha value is -2.02. The lowest BCUT2D eigenvalue weighted by molar-refractivity contribution is -0.120. The zero-order valence-electron chi connectivity index (χ0n) is 8.51. The fourth-order valence-electron chi connectivity index (χ4n) is 1.39. The lowest BCUT2D eigenvalue weighted by atomic mass is 10.3. The van der Waals surface area contributed by atoms with E-state index in [1.165, 1.54) is 4.90 Å². The van der Waals surface area contributed by atoms with Crippen LogP contribution in [0.25, 0.3) is 0 Å². The Morgan fingerprint density at radius 1 is 1.38 bits per heavy atom. The number of carbonyl (C=O) groups excluding carboxylic acids is 2. The van der Waals surface area contributed by atoms with Crippen LogP contribution in [0.15, 0.2) is 12.1 Å². The Morgan fingerprint density at radius 3 is 2.75 bits per heavy atom. The molecule has 0 aliphatic carbocycles. The second kappa shape index (κ2) is 4.23. The van der Waals surface area contributed by atoms with Gasteiger partial charge in [-0.05, 0) is 12.1 Å². The highest BCUT2D eigenvalue weighted by molar-refractivity contribution is 6.05. The number of hydrogen-bond donors (Lipinski definition) is 2. The summed E-state index contributed by atoms with van der Waals surface area (Å²) in [7, 11) is 0. The minimum atomic E-state index is -0.467. The predicted molar refractivity (Wildman–Crippen MR) is 55.4 cm³/mol. The van der Waals surface area contributed by atoms with Gasteiger partial charge in [0.1, 0.15) is 0 Å². The summed E-state index contributed by atoms with van der Waals surface area (Å²) < 4.78 is 0. The zero-order valence-corrected chi connectivity index (χ0v) is 8.51. The topological polar surface area (TPSA) is 101 Å². The third-order valence-electron chi connectivity index (χ3n) is 2.25. The van der Waals surface area contributed by atoms with Gasteiger partial charge in [-0.3, -0.25) is 15.0 Å². The van der Waals surface area contributed by atoms with Crippen molar-refractivity contribution in [2.45, 2.75) is 13.0 Å². The molecule has 0 atom stereocenters. The van der Waals surface area contributed by atoms with E-state index in [0.29, 0.717) is 24.6 Å². The minimum Gasteiger partial charge on any atom is -0.325 e. The molecule has 7 nitrogen and oxygen atoms in total. The van der Waals surface area contributed by atoms with Gasteiger partial charge in [-0.2, -0.15) is 5.10 Å². The molecule has 0 aromatic carbocycles. The van der Waals surface area contributed by atoms with Crippen molar-refractivity contribution in [3.05, 3.63) is 17.8 Å². The van der Waals surface area contributed by atoms with Gasteiger partial charge < -0.3 is 5.73 Å². The first-order valence-electron chi connectivity index (χ1n) is 4.84. The molecule has 0 saturated carbocycles. The van der Waals surface area contributed by atoms with Gasteiger partial charge in [0.2, 0.25) is 5.91 Å². The summed E-state index contributed by atoms with van der Waals surface area (Å²) in [5.41, 5.74) is 6.03. The predicted octanol–water partition coefficient (Wildman–Crippen LogP) is -0.618. The average Bonchev–Trinajstić information content (AvgIpc) is 2.29. The Labute approximate surface area is 91.6 Å². The van der Waals surface area contributed by atoms with E-state index in [2.05, 4.69) is 15.5 Å². The van der Waals surface area contributed by atoms with E-state index in [1.807, 2.05) is 0 Å². The normalized spacial score (nSPS) is 16.2. The van der Waals surface area contributed by atoms with Crippen molar-refractivity contribution >= 4 is 17.8 Å². The summed E-state index contributed by atoms with van der Waals surface area (Å²) in [6, 6.07) is 2.89. The number of hydrogen-bond acceptors (Lipinski definition) is 5. The summed E-state index contributed by atoms with van der Waals surface area (Å²) in [5, 5.41) is 9.93. The molecular weight excluding hydrogens is 210 g/mol. The standard InChI is InChI=1S/C9H11N5O2/c10-5-6-1-2-7(13-12-6)14-4-3-8(15)11-9(14)16/h1-2H,3-5,10H2,(H,11,15,16). The Bertz CT molecular complexity index is 416. The Morgan fingerprint density at radius 2 is 2.19 bits per heavy atom. The summed E-state index contributed by atoms with van der Waals surface area (Å²) >= 11 is 0. The number of nitrogens with zero attached hydrogens (tertiary/aromatic N) is 3. The molecule has 0 unspecified atom stereocenters. The average molecular weight is 221 g/mol. The highest BCUT2D eigenvalue weighted by Crippen LogP contribution is 2.12. The number of anilines is 1. The van der Waals surface area contributed by atoms with Crippen molar-refractivity contribution in [2.75, 3.05) is 11.4 Å². The van der Waals surface area contributed by atoms with Crippen LogP contribution in [0.1, 0.15) is 12.1 Å². The van der Waals surface area contributed by atoms with Gasteiger partial charge in [-0.25, -0.2) is 4.79 Å². The van der Waals surface area contributed by atoms with Crippen LogP contribution in [-0.4, -0.2) is 28.7 Å². The number of aromatic nitrogens is 2. The first-order valence-corrected chi connectivity index (χ1v) is 4.84. The quantitative estimate of drug-likeness (QED) is 0.693. The van der Waals surface area contributed by atoms with Gasteiger partial charge in [0, 0.05) is 19.5 Å². The van der Waals surface area contributed by atoms with E-state index in [1.54, 1.807) is 12.1 Å². The number of nitrogens with two attached hydrogens (primary N) is 1. The molecule has 1 aliphatic rings. The van der Waals surface area contributed by atoms with Crippen LogP contribution in [0.4, 0.5) is 10.6 Å². The molecule has 1 aromatic heterocycles. The van der Waals surface area contributed by atoms with Crippen molar-refractivity contribution in [1.82, 2.24) is 15.5 Å². The van der Waals surface area contributed by atoms with Crippen LogP contribution < -0.4 is 16.0 Å². The summed E-state index contributed by atoms with van der Waals surface area (Å²) in [6.07, 6.45) is 0.270. The molecule has 2 rings (SSSR count). The van der Waals surface area contributed by atoms with Crippen molar-refractivity contribution in [3.8, 4) is 0 Å². The molecule has 0 spiro atoms. The molecule has 1 saturated heterocycles. The van der Waals surface area contributed by atoms with Crippen molar-refractivity contribution < 1.29 is 9.59 Å². The molecular formula is C9H11N5O2. The minimum absolute atomic E-state index is 0.270. The van der Waals surface area contributed by atoms with E-state index >= 15 is 0 Å². The van der Waals surface area contributed by atoms with Gasteiger partial charge in [0.05, 0.1) is 5.69 Å². The van der Waals surface area contributed by atoms with Crippen LogP contribution >= 0.6 is 0 Å². The smallest absolute Gasteiger partial charge is 0.325 e. The first-order chi connectivity index (χ1) is 7.70. The van der Waals surface area contributed by atoms with Crippen molar-refractivity contribution in [1.29, 1.82) is 0 Å². The van der Waals surface area contributed by atoms with Crippen LogP contribution in [0.5, 0.6) is 0 Å². The van der Waals surface area contributed by atoms with Crippen molar-refractivity contribution in [3.63, 3.8) is 0 Å². The number of urea groups is 1. The number of carbonyl (C=O) groups is 2. The first kappa shape index (κ1) is 10.5. The molecule has 84 valence electrons. The molecule has 2 heterocycles. The lowest BCUT2D eigenvalue weighted by Crippen LogP contribution is -2.50. The monoisotopic (exact) mass is 221 g/mol. The number of amides is 3. The van der Waals surface area contributed by atoms with Gasteiger partial charge >= 0.3 is 6.03 Å². The van der Waals surface area contributed by atoms with Crippen LogP contribution in [0.2, 0.25) is 0 Å². The van der Waals surface area contributed by atoms with E-state index in [9.17, 15) is 9.59 Å². The molecule has 3 N–H and O–H groups in total. The third-order valence-corrected chi connectivity index (χ3v) is 2.25. The highest BCUT2D eigenvalue weighted by Gasteiger charge is 2.25. The Kier molecular flexibility index (Phi) is 2.78. The van der Waals surface area contributed by atoms with E-state index in [-0.39, 0.29) is 12.3 Å². The molecule has 16 heavy (non-hydrogen) atoms. The van der Waals surface area contributed by atoms with Gasteiger partial charge in [-0.15, -0.1) is 5.10 Å². The number of rotatable bonds is 2. The fraction of sp³-hybridized carbons (Fsp3) is 0.333. The SMILES string of the molecule is NCc1ccc(N2CCC(=O)NC2=O)nn1. The summed E-state index contributed by atoms with van der Waals surface area (Å²) in [6.45, 7) is 0.624. The molecule has 7 heteroatoms. The fourth-order valence-corrected chi connectivity index (χ4v) is 1.39. The zero-order chi connectivity index (χ0) is 11.5. The summed E-state index contributed by atoms with van der Waals surface area (Å²) in [5.74, 6) is 0.148. The Balaban J connectivity index is 2.17. The largest absolute Gasteiger partial charge is 0.329 e. The summed E-state index contributed by atoms with van der Waals surface area (Å²) in [4.78, 5) is 23.8. The second-order valence-corrected chi connectivity index (χ2v) is 3.34. The maximum atomic E-state index is 11.5. The molecule has 0 radical (unpaired) electrons. The van der Waals surface area contributed by atoms with E-state index in [4.69, 9.17) is 5.73 Å². The lowest BCUT2D eigenvalue weighted by Gasteiger charge is -2.24. The molecule has 1 fully saturated rings. The van der Waals surface area contributed by atoms with Crippen LogP contribution in [-0.2, 0) is 11.3 Å². The van der Waals surface area contributed by atoms with Crippen LogP contribution in [0.3, 0.4) is 0 Å².